The van der Waals surface area contributed by atoms with E-state index in [0.717, 1.165) is 44.7 Å². The lowest BCUT2D eigenvalue weighted by Gasteiger charge is -2.21. The first-order valence-electron chi connectivity index (χ1n) is 14.7. The molecule has 1 aliphatic rings. The van der Waals surface area contributed by atoms with Gasteiger partial charge < -0.3 is 30.7 Å². The highest BCUT2D eigenvalue weighted by Crippen LogP contribution is 2.33. The van der Waals surface area contributed by atoms with Crippen molar-refractivity contribution >= 4 is 23.5 Å². The minimum atomic E-state index is -0.833. The van der Waals surface area contributed by atoms with Gasteiger partial charge in [0.05, 0.1) is 7.11 Å². The van der Waals surface area contributed by atoms with E-state index in [9.17, 15) is 4.79 Å². The Bertz CT molecular complexity index is 1650. The number of pyridine rings is 1. The number of hydrogen-bond donors (Lipinski definition) is 6. The van der Waals surface area contributed by atoms with Gasteiger partial charge in [-0.1, -0.05) is 12.1 Å². The lowest BCUT2D eigenvalue weighted by molar-refractivity contribution is -0.135. The van der Waals surface area contributed by atoms with Crippen molar-refractivity contribution in [2.45, 2.75) is 32.7 Å². The monoisotopic (exact) mass is 648 g/mol. The number of nitrogens with one attached hydrogen (secondary N) is 3. The van der Waals surface area contributed by atoms with E-state index in [1.54, 1.807) is 43.6 Å². The van der Waals surface area contributed by atoms with Crippen molar-refractivity contribution in [1.29, 1.82) is 5.41 Å². The van der Waals surface area contributed by atoms with Crippen LogP contribution in [0.2, 0.25) is 0 Å². The van der Waals surface area contributed by atoms with E-state index < -0.39 is 23.7 Å². The second-order valence-electron chi connectivity index (χ2n) is 10.3. The lowest BCUT2D eigenvalue weighted by Crippen LogP contribution is -2.25. The average Bonchev–Trinajstić information content (AvgIpc) is 3.70. The van der Waals surface area contributed by atoms with Crippen LogP contribution in [0.25, 0.3) is 5.82 Å². The number of H-pyrrole nitrogens is 1. The van der Waals surface area contributed by atoms with Crippen LogP contribution in [0.15, 0.2) is 71.7 Å². The summed E-state index contributed by atoms with van der Waals surface area (Å²) in [6.45, 7) is 5.84. The molecule has 0 aliphatic carbocycles. The number of hydrogen-bond acceptors (Lipinski definition) is 10. The summed E-state index contributed by atoms with van der Waals surface area (Å²) in [5, 5.41) is 30.5. The van der Waals surface area contributed by atoms with Crippen LogP contribution < -0.4 is 26.2 Å². The topological polar surface area (TPSA) is 222 Å². The maximum absolute atomic E-state index is 12.8. The fraction of sp³-hybridized carbons (Fsp3) is 0.312. The van der Waals surface area contributed by atoms with Crippen LogP contribution in [0, 0.1) is 5.41 Å². The molecule has 3 heterocycles. The molecule has 5 rings (SSSR count). The number of carbonyl (C=O) groups is 2. The van der Waals surface area contributed by atoms with Gasteiger partial charge in [0.2, 0.25) is 0 Å². The number of rotatable bonds is 11. The molecule has 1 fully saturated rings. The Morgan fingerprint density at radius 1 is 1.04 bits per heavy atom. The number of nitrogen functional groups attached to an aromatic ring is 1. The number of nitrogens with two attached hydrogens (primary N) is 1. The summed E-state index contributed by atoms with van der Waals surface area (Å²) in [5.41, 5.74) is 7.38. The summed E-state index contributed by atoms with van der Waals surface area (Å²) in [6, 6.07) is 17.6. The van der Waals surface area contributed by atoms with Gasteiger partial charge in [-0.15, -0.1) is 5.10 Å². The molecule has 15 nitrogen and oxygen atoms in total. The third-order valence-electron chi connectivity index (χ3n) is 6.67. The van der Waals surface area contributed by atoms with E-state index in [4.69, 9.17) is 40.4 Å². The van der Waals surface area contributed by atoms with Crippen LogP contribution in [0.5, 0.6) is 11.5 Å². The zero-order valence-electron chi connectivity index (χ0n) is 26.5. The van der Waals surface area contributed by atoms with Crippen molar-refractivity contribution in [3.05, 3.63) is 94.3 Å². The van der Waals surface area contributed by atoms with Gasteiger partial charge in [0.15, 0.2) is 23.1 Å². The standard InChI is InChI=1S/C28H32N8O3.2C2H4O2/c1-38-23-18-20(9-12-22(23)39-17-16-35-14-4-5-15-35)25(32-21-10-7-19(8-11-21)26(29)30)27-33-28(37)36(34-27)24-6-2-3-13-31-24;2*1-2(3)4/h2-3,6-13,18,25,32H,4-5,14-17H2,1H3,(H3,29,30)(H,33,34,37);2*1H3,(H,3,4). The molecule has 0 saturated carbocycles. The van der Waals surface area contributed by atoms with Crippen molar-refractivity contribution in [2.75, 3.05) is 38.7 Å². The van der Waals surface area contributed by atoms with Crippen LogP contribution in [0.1, 0.15) is 49.7 Å². The van der Waals surface area contributed by atoms with E-state index >= 15 is 0 Å². The molecule has 0 bridgehead atoms. The highest BCUT2D eigenvalue weighted by atomic mass is 16.5. The van der Waals surface area contributed by atoms with Crippen LogP contribution in [-0.4, -0.2) is 86.0 Å². The quantitative estimate of drug-likeness (QED) is 0.102. The summed E-state index contributed by atoms with van der Waals surface area (Å²) in [6.07, 6.45) is 4.08. The maximum Gasteiger partial charge on any atom is 0.349 e. The number of aliphatic carboxylic acids is 2. The number of aromatic amines is 1. The van der Waals surface area contributed by atoms with Gasteiger partial charge in [0.1, 0.15) is 18.5 Å². The van der Waals surface area contributed by atoms with Crippen molar-refractivity contribution in [1.82, 2.24) is 24.6 Å². The van der Waals surface area contributed by atoms with E-state index in [1.165, 1.54) is 17.5 Å². The van der Waals surface area contributed by atoms with Crippen molar-refractivity contribution in [3.8, 4) is 17.3 Å². The molecular formula is C32H40N8O7. The number of benzene rings is 2. The minimum absolute atomic E-state index is 0.0124. The molecule has 0 amide bonds. The zero-order chi connectivity index (χ0) is 34.3. The molecule has 2 aromatic heterocycles. The van der Waals surface area contributed by atoms with E-state index in [2.05, 4.69) is 25.3 Å². The van der Waals surface area contributed by atoms with E-state index in [-0.39, 0.29) is 5.84 Å². The smallest absolute Gasteiger partial charge is 0.349 e. The third-order valence-corrected chi connectivity index (χ3v) is 6.67. The van der Waals surface area contributed by atoms with Gasteiger partial charge in [-0.25, -0.2) is 9.78 Å². The average molecular weight is 649 g/mol. The zero-order valence-corrected chi connectivity index (χ0v) is 26.5. The van der Waals surface area contributed by atoms with Crippen molar-refractivity contribution in [3.63, 3.8) is 0 Å². The van der Waals surface area contributed by atoms with Crippen LogP contribution in [-0.2, 0) is 9.59 Å². The maximum atomic E-state index is 12.8. The Morgan fingerprint density at radius 3 is 2.28 bits per heavy atom. The van der Waals surface area contributed by atoms with Crippen molar-refractivity contribution in [2.24, 2.45) is 5.73 Å². The number of anilines is 1. The first-order chi connectivity index (χ1) is 22.5. The van der Waals surface area contributed by atoms with Gasteiger partial charge in [-0.3, -0.25) is 24.9 Å². The Morgan fingerprint density at radius 2 is 1.70 bits per heavy atom. The number of carboxylic acids is 2. The molecule has 1 saturated heterocycles. The van der Waals surface area contributed by atoms with Crippen LogP contribution in [0.4, 0.5) is 5.69 Å². The molecule has 2 aromatic carbocycles. The normalized spacial score (nSPS) is 12.8. The molecule has 0 radical (unpaired) electrons. The van der Waals surface area contributed by atoms with Crippen LogP contribution in [0.3, 0.4) is 0 Å². The summed E-state index contributed by atoms with van der Waals surface area (Å²) in [7, 11) is 1.60. The number of aromatic nitrogens is 4. The fourth-order valence-corrected chi connectivity index (χ4v) is 4.60. The summed E-state index contributed by atoms with van der Waals surface area (Å²) >= 11 is 0. The predicted octanol–water partition coefficient (Wildman–Crippen LogP) is 3.11. The van der Waals surface area contributed by atoms with Gasteiger partial charge >= 0.3 is 5.69 Å². The number of amidine groups is 1. The fourth-order valence-electron chi connectivity index (χ4n) is 4.60. The molecule has 4 aromatic rings. The van der Waals surface area contributed by atoms with Gasteiger partial charge in [-0.2, -0.15) is 4.68 Å². The second kappa shape index (κ2) is 17.7. The highest BCUT2D eigenvalue weighted by Gasteiger charge is 2.22. The van der Waals surface area contributed by atoms with Gasteiger partial charge in [0.25, 0.3) is 11.9 Å². The van der Waals surface area contributed by atoms with E-state index in [0.29, 0.717) is 35.3 Å². The molecule has 47 heavy (non-hydrogen) atoms. The Kier molecular flexibility index (Phi) is 13.5. The highest BCUT2D eigenvalue weighted by molar-refractivity contribution is 5.95. The number of ether oxygens (including phenoxy) is 2. The Labute approximate surface area is 271 Å². The number of carboxylic acid groups (broad SMARTS) is 2. The number of methoxy groups -OCH3 is 1. The SMILES string of the molecule is CC(=O)O.CC(=O)O.COc1cc(C(Nc2ccc(C(=N)N)cc2)c2nn(-c3ccccn3)c(=O)[nH]2)ccc1OCCN1CCCC1. The first kappa shape index (κ1) is 35.8. The molecule has 1 aliphatic heterocycles. The van der Waals surface area contributed by atoms with Crippen molar-refractivity contribution < 1.29 is 29.3 Å². The molecule has 250 valence electrons. The first-order valence-corrected chi connectivity index (χ1v) is 14.7. The molecule has 1 unspecified atom stereocenters. The summed E-state index contributed by atoms with van der Waals surface area (Å²) in [5.74, 6) is 0.359. The molecule has 7 N–H and O–H groups in total. The lowest BCUT2D eigenvalue weighted by atomic mass is 10.0. The van der Waals surface area contributed by atoms with Gasteiger partial charge in [-0.05, 0) is 80.0 Å². The summed E-state index contributed by atoms with van der Waals surface area (Å²) < 4.78 is 13.0. The van der Waals surface area contributed by atoms with Gasteiger partial charge in [0, 0.05) is 37.8 Å². The Hall–Kier alpha value is -5.70. The predicted molar refractivity (Wildman–Crippen MR) is 176 cm³/mol. The van der Waals surface area contributed by atoms with E-state index in [1.807, 2.05) is 30.3 Å². The summed E-state index contributed by atoms with van der Waals surface area (Å²) in [4.78, 5) is 40.4. The second-order valence-corrected chi connectivity index (χ2v) is 10.3. The minimum Gasteiger partial charge on any atom is -0.493 e. The Balaban J connectivity index is 0.000000676. The largest absolute Gasteiger partial charge is 0.493 e. The molecule has 15 heteroatoms. The number of nitrogens with zero attached hydrogens (tertiary/aromatic N) is 4. The molecule has 1 atom stereocenters. The molecule has 0 spiro atoms. The van der Waals surface area contributed by atoms with Crippen LogP contribution >= 0.6 is 0 Å². The third kappa shape index (κ3) is 11.3. The number of likely N-dealkylation sites (tertiary alicyclic amines) is 1. The molecular weight excluding hydrogens is 608 g/mol.